The molecule has 1 atom stereocenters. The number of benzene rings is 1. The fourth-order valence-electron chi connectivity index (χ4n) is 2.76. The molecule has 114 valence electrons. The molecule has 0 heterocycles. The minimum atomic E-state index is -0.972. The van der Waals surface area contributed by atoms with Crippen LogP contribution in [-0.2, 0) is 4.79 Å². The van der Waals surface area contributed by atoms with E-state index in [1.165, 1.54) is 0 Å². The number of carboxylic acid groups (broad SMARTS) is 1. The second-order valence-corrected chi connectivity index (χ2v) is 6.28. The number of nitrogen functional groups attached to an aromatic ring is 1. The number of hydrogen-bond acceptors (Lipinski definition) is 3. The summed E-state index contributed by atoms with van der Waals surface area (Å²) in [5, 5.41) is 12.0. The first kappa shape index (κ1) is 15.8. The maximum atomic E-state index is 12.2. The lowest BCUT2D eigenvalue weighted by Gasteiger charge is -2.28. The Morgan fingerprint density at radius 3 is 2.52 bits per heavy atom. The maximum absolute atomic E-state index is 12.2. The molecule has 0 saturated heterocycles. The van der Waals surface area contributed by atoms with Crippen LogP contribution in [0.5, 0.6) is 0 Å². The molecule has 1 saturated carbocycles. The van der Waals surface area contributed by atoms with Crippen molar-refractivity contribution in [3.8, 4) is 0 Å². The first-order chi connectivity index (χ1) is 9.99. The molecule has 0 aromatic heterocycles. The van der Waals surface area contributed by atoms with Gasteiger partial charge in [-0.05, 0) is 52.9 Å². The third kappa shape index (κ3) is 3.97. The molecule has 6 heteroatoms. The maximum Gasteiger partial charge on any atom is 0.326 e. The first-order valence-electron chi connectivity index (χ1n) is 7.07. The summed E-state index contributed by atoms with van der Waals surface area (Å²) in [4.78, 5) is 23.7. The lowest BCUT2D eigenvalue weighted by molar-refractivity contribution is -0.141. The Morgan fingerprint density at radius 2 is 1.95 bits per heavy atom. The molecule has 1 aliphatic carbocycles. The highest BCUT2D eigenvalue weighted by Gasteiger charge is 2.30. The summed E-state index contributed by atoms with van der Waals surface area (Å²) in [7, 11) is 0. The van der Waals surface area contributed by atoms with Gasteiger partial charge in [-0.1, -0.05) is 19.3 Å². The number of rotatable bonds is 4. The minimum absolute atomic E-state index is 0.00740. The summed E-state index contributed by atoms with van der Waals surface area (Å²) >= 11 is 3.26. The summed E-state index contributed by atoms with van der Waals surface area (Å²) in [6.45, 7) is 0. The van der Waals surface area contributed by atoms with E-state index in [2.05, 4.69) is 21.2 Å². The van der Waals surface area contributed by atoms with Crippen LogP contribution in [-0.4, -0.2) is 23.0 Å². The molecule has 0 aliphatic heterocycles. The van der Waals surface area contributed by atoms with Crippen LogP contribution >= 0.6 is 15.9 Å². The number of hydrogen-bond donors (Lipinski definition) is 3. The molecule has 1 aromatic carbocycles. The largest absolute Gasteiger partial charge is 0.480 e. The molecule has 5 nitrogen and oxygen atoms in total. The zero-order chi connectivity index (χ0) is 15.4. The SMILES string of the molecule is Nc1cc(C(=O)NC(C(=O)O)C2CCCCC2)ccc1Br. The van der Waals surface area contributed by atoms with Crippen molar-refractivity contribution in [2.24, 2.45) is 5.92 Å². The molecule has 1 fully saturated rings. The number of anilines is 1. The number of nitrogens with two attached hydrogens (primary N) is 1. The molecular formula is C15H19BrN2O3. The number of halogens is 1. The predicted molar refractivity (Wildman–Crippen MR) is 84.0 cm³/mol. The third-order valence-electron chi connectivity index (χ3n) is 3.93. The highest BCUT2D eigenvalue weighted by atomic mass is 79.9. The third-order valence-corrected chi connectivity index (χ3v) is 4.65. The quantitative estimate of drug-likeness (QED) is 0.724. The Kier molecular flexibility index (Phi) is 5.22. The lowest BCUT2D eigenvalue weighted by Crippen LogP contribution is -2.46. The smallest absolute Gasteiger partial charge is 0.326 e. The summed E-state index contributed by atoms with van der Waals surface area (Å²) in [6, 6.07) is 4.01. The van der Waals surface area contributed by atoms with E-state index in [-0.39, 0.29) is 5.92 Å². The fourth-order valence-corrected chi connectivity index (χ4v) is 3.00. The molecular weight excluding hydrogens is 336 g/mol. The van der Waals surface area contributed by atoms with Gasteiger partial charge in [0.15, 0.2) is 0 Å². The summed E-state index contributed by atoms with van der Waals surface area (Å²) in [5.74, 6) is -1.36. The van der Waals surface area contributed by atoms with E-state index in [0.29, 0.717) is 15.7 Å². The molecule has 1 aromatic rings. The number of nitrogens with one attached hydrogen (secondary N) is 1. The van der Waals surface area contributed by atoms with Gasteiger partial charge < -0.3 is 16.2 Å². The van der Waals surface area contributed by atoms with E-state index in [1.807, 2.05) is 0 Å². The summed E-state index contributed by atoms with van der Waals surface area (Å²) in [5.41, 5.74) is 6.57. The van der Waals surface area contributed by atoms with Crippen LogP contribution in [0.15, 0.2) is 22.7 Å². The van der Waals surface area contributed by atoms with Crippen LogP contribution in [0, 0.1) is 5.92 Å². The van der Waals surface area contributed by atoms with Crippen LogP contribution < -0.4 is 11.1 Å². The van der Waals surface area contributed by atoms with Gasteiger partial charge in [-0.25, -0.2) is 4.79 Å². The lowest BCUT2D eigenvalue weighted by atomic mass is 9.84. The highest BCUT2D eigenvalue weighted by molar-refractivity contribution is 9.10. The fraction of sp³-hybridized carbons (Fsp3) is 0.467. The van der Waals surface area contributed by atoms with Crippen LogP contribution in [0.1, 0.15) is 42.5 Å². The average molecular weight is 355 g/mol. The predicted octanol–water partition coefficient (Wildman–Crippen LogP) is 2.79. The standard InChI is InChI=1S/C15H19BrN2O3/c16-11-7-6-10(8-12(11)17)14(19)18-13(15(20)21)9-4-2-1-3-5-9/h6-9,13H,1-5,17H2,(H,18,19)(H,20,21). The Bertz CT molecular complexity index is 542. The van der Waals surface area contributed by atoms with Gasteiger partial charge in [0, 0.05) is 15.7 Å². The molecule has 4 N–H and O–H groups in total. The van der Waals surface area contributed by atoms with E-state index in [0.717, 1.165) is 32.1 Å². The van der Waals surface area contributed by atoms with Gasteiger partial charge in [-0.3, -0.25) is 4.79 Å². The van der Waals surface area contributed by atoms with Crippen molar-refractivity contribution in [3.05, 3.63) is 28.2 Å². The number of amides is 1. The van der Waals surface area contributed by atoms with E-state index in [1.54, 1.807) is 18.2 Å². The monoisotopic (exact) mass is 354 g/mol. The zero-order valence-electron chi connectivity index (χ0n) is 11.6. The Labute approximate surface area is 132 Å². The molecule has 1 amide bonds. The number of carbonyl (C=O) groups excluding carboxylic acids is 1. The van der Waals surface area contributed by atoms with Gasteiger partial charge in [0.05, 0.1) is 0 Å². The molecule has 2 rings (SSSR count). The van der Waals surface area contributed by atoms with Crippen molar-refractivity contribution in [2.45, 2.75) is 38.1 Å². The average Bonchev–Trinajstić information content (AvgIpc) is 2.48. The van der Waals surface area contributed by atoms with E-state index in [4.69, 9.17) is 5.73 Å². The van der Waals surface area contributed by atoms with Crippen molar-refractivity contribution >= 4 is 33.5 Å². The Morgan fingerprint density at radius 1 is 1.29 bits per heavy atom. The molecule has 0 bridgehead atoms. The van der Waals surface area contributed by atoms with Crippen molar-refractivity contribution in [1.82, 2.24) is 5.32 Å². The van der Waals surface area contributed by atoms with Gasteiger partial charge in [0.2, 0.25) is 0 Å². The van der Waals surface area contributed by atoms with Crippen molar-refractivity contribution in [3.63, 3.8) is 0 Å². The first-order valence-corrected chi connectivity index (χ1v) is 7.87. The molecule has 1 unspecified atom stereocenters. The van der Waals surface area contributed by atoms with Crippen molar-refractivity contribution in [1.29, 1.82) is 0 Å². The minimum Gasteiger partial charge on any atom is -0.480 e. The van der Waals surface area contributed by atoms with Crippen molar-refractivity contribution in [2.75, 3.05) is 5.73 Å². The van der Waals surface area contributed by atoms with Crippen LogP contribution in [0.4, 0.5) is 5.69 Å². The molecule has 0 radical (unpaired) electrons. The van der Waals surface area contributed by atoms with Crippen LogP contribution in [0.3, 0.4) is 0 Å². The summed E-state index contributed by atoms with van der Waals surface area (Å²) < 4.78 is 0.709. The zero-order valence-corrected chi connectivity index (χ0v) is 13.2. The molecule has 0 spiro atoms. The Balaban J connectivity index is 2.10. The van der Waals surface area contributed by atoms with E-state index < -0.39 is 17.9 Å². The van der Waals surface area contributed by atoms with Gasteiger partial charge in [0.1, 0.15) is 6.04 Å². The van der Waals surface area contributed by atoms with Gasteiger partial charge >= 0.3 is 5.97 Å². The highest BCUT2D eigenvalue weighted by Crippen LogP contribution is 2.27. The number of carboxylic acids is 1. The molecule has 21 heavy (non-hydrogen) atoms. The van der Waals surface area contributed by atoms with Gasteiger partial charge in [-0.2, -0.15) is 0 Å². The van der Waals surface area contributed by atoms with Gasteiger partial charge in [0.25, 0.3) is 5.91 Å². The van der Waals surface area contributed by atoms with Crippen molar-refractivity contribution < 1.29 is 14.7 Å². The van der Waals surface area contributed by atoms with E-state index >= 15 is 0 Å². The topological polar surface area (TPSA) is 92.4 Å². The van der Waals surface area contributed by atoms with E-state index in [9.17, 15) is 14.7 Å². The normalized spacial score (nSPS) is 17.2. The second kappa shape index (κ2) is 6.93. The second-order valence-electron chi connectivity index (χ2n) is 5.42. The van der Waals surface area contributed by atoms with Gasteiger partial charge in [-0.15, -0.1) is 0 Å². The number of carbonyl (C=O) groups is 2. The van der Waals surface area contributed by atoms with Crippen LogP contribution in [0.2, 0.25) is 0 Å². The molecule has 1 aliphatic rings. The van der Waals surface area contributed by atoms with Crippen LogP contribution in [0.25, 0.3) is 0 Å². The summed E-state index contributed by atoms with van der Waals surface area (Å²) in [6.07, 6.45) is 4.88. The number of aliphatic carboxylic acids is 1. The Hall–Kier alpha value is -1.56.